The number of anilines is 1. The molecule has 0 aliphatic carbocycles. The molecule has 0 radical (unpaired) electrons. The van der Waals surface area contributed by atoms with Crippen LogP contribution in [-0.2, 0) is 14.8 Å². The highest BCUT2D eigenvalue weighted by Gasteiger charge is 2.33. The Labute approximate surface area is 136 Å². The minimum Gasteiger partial charge on any atom is -0.311 e. The molecule has 1 aliphatic rings. The third kappa shape index (κ3) is 3.43. The molecule has 0 aromatic heterocycles. The first kappa shape index (κ1) is 15.7. The molecule has 0 saturated carbocycles. The van der Waals surface area contributed by atoms with Crippen molar-refractivity contribution in [1.29, 1.82) is 0 Å². The summed E-state index contributed by atoms with van der Waals surface area (Å²) in [6, 6.07) is 15.4. The maximum atomic E-state index is 12.3. The summed E-state index contributed by atoms with van der Waals surface area (Å²) in [6.45, 7) is 2.32. The average Bonchev–Trinajstić information content (AvgIpc) is 2.89. The molecule has 1 heterocycles. The Morgan fingerprint density at radius 1 is 1.04 bits per heavy atom. The van der Waals surface area contributed by atoms with Gasteiger partial charge in [0.05, 0.1) is 4.90 Å². The van der Waals surface area contributed by atoms with Crippen molar-refractivity contribution in [3.05, 3.63) is 60.2 Å². The number of carbonyl (C=O) groups excluding carboxylic acids is 1. The van der Waals surface area contributed by atoms with E-state index in [-0.39, 0.29) is 17.2 Å². The fourth-order valence-electron chi connectivity index (χ4n) is 2.65. The summed E-state index contributed by atoms with van der Waals surface area (Å²) in [5, 5.41) is 0. The lowest BCUT2D eigenvalue weighted by molar-refractivity contribution is -0.117. The van der Waals surface area contributed by atoms with Gasteiger partial charge in [-0.3, -0.25) is 4.79 Å². The molecule has 3 rings (SSSR count). The Morgan fingerprint density at radius 3 is 2.35 bits per heavy atom. The van der Waals surface area contributed by atoms with E-state index in [2.05, 4.69) is 4.72 Å². The molecule has 5 nitrogen and oxygen atoms in total. The number of hydrogen-bond donors (Lipinski definition) is 1. The summed E-state index contributed by atoms with van der Waals surface area (Å²) < 4.78 is 27.3. The van der Waals surface area contributed by atoms with Gasteiger partial charge in [-0.05, 0) is 31.2 Å². The summed E-state index contributed by atoms with van der Waals surface area (Å²) in [5.74, 6) is -0.0744. The lowest BCUT2D eigenvalue weighted by atomic mass is 10.2. The van der Waals surface area contributed by atoms with Crippen molar-refractivity contribution < 1.29 is 13.2 Å². The third-order valence-corrected chi connectivity index (χ3v) is 5.38. The second-order valence-electron chi connectivity index (χ2n) is 5.68. The molecule has 0 spiro atoms. The second-order valence-corrected chi connectivity index (χ2v) is 7.39. The first-order valence-corrected chi connectivity index (χ1v) is 8.88. The molecule has 120 valence electrons. The van der Waals surface area contributed by atoms with Gasteiger partial charge in [0.1, 0.15) is 0 Å². The summed E-state index contributed by atoms with van der Waals surface area (Å²) in [6.07, 6.45) is 0.167. The van der Waals surface area contributed by atoms with Crippen molar-refractivity contribution in [3.8, 4) is 0 Å². The highest BCUT2D eigenvalue weighted by atomic mass is 32.2. The third-order valence-electron chi connectivity index (χ3n) is 3.85. The van der Waals surface area contributed by atoms with Crippen molar-refractivity contribution in [2.24, 2.45) is 0 Å². The van der Waals surface area contributed by atoms with Crippen molar-refractivity contribution in [1.82, 2.24) is 4.72 Å². The van der Waals surface area contributed by atoms with Gasteiger partial charge in [-0.15, -0.1) is 0 Å². The van der Waals surface area contributed by atoms with Crippen molar-refractivity contribution in [3.63, 3.8) is 0 Å². The van der Waals surface area contributed by atoms with E-state index in [1.165, 1.54) is 12.1 Å². The molecule has 2 aromatic rings. The van der Waals surface area contributed by atoms with E-state index in [0.717, 1.165) is 11.3 Å². The first-order valence-electron chi connectivity index (χ1n) is 7.40. The summed E-state index contributed by atoms with van der Waals surface area (Å²) in [7, 11) is -3.61. The Balaban J connectivity index is 1.74. The Bertz CT molecular complexity index is 801. The van der Waals surface area contributed by atoms with Crippen LogP contribution in [0.4, 0.5) is 5.69 Å². The maximum absolute atomic E-state index is 12.3. The predicted molar refractivity (Wildman–Crippen MR) is 88.7 cm³/mol. The molecule has 1 N–H and O–H groups in total. The van der Waals surface area contributed by atoms with Gasteiger partial charge in [-0.1, -0.05) is 35.9 Å². The SMILES string of the molecule is Cc1ccc(N2C[C@@H](NS(=O)(=O)c3ccccc3)CC2=O)cc1. The van der Waals surface area contributed by atoms with Crippen LogP contribution >= 0.6 is 0 Å². The Hall–Kier alpha value is -2.18. The van der Waals surface area contributed by atoms with Gasteiger partial charge in [0.2, 0.25) is 15.9 Å². The molecule has 6 heteroatoms. The summed E-state index contributed by atoms with van der Waals surface area (Å²) >= 11 is 0. The van der Waals surface area contributed by atoms with Gasteiger partial charge < -0.3 is 4.90 Å². The number of aryl methyl sites for hydroxylation is 1. The minimum atomic E-state index is -3.61. The van der Waals surface area contributed by atoms with Crippen LogP contribution < -0.4 is 9.62 Å². The van der Waals surface area contributed by atoms with Crippen LogP contribution in [0.1, 0.15) is 12.0 Å². The maximum Gasteiger partial charge on any atom is 0.240 e. The fraction of sp³-hybridized carbons (Fsp3) is 0.235. The van der Waals surface area contributed by atoms with E-state index in [1.807, 2.05) is 31.2 Å². The van der Waals surface area contributed by atoms with E-state index < -0.39 is 16.1 Å². The first-order chi connectivity index (χ1) is 11.0. The standard InChI is InChI=1S/C17H18N2O3S/c1-13-7-9-15(10-8-13)19-12-14(11-17(19)20)18-23(21,22)16-5-3-2-4-6-16/h2-10,14,18H,11-12H2,1H3/t14-/m0/s1. The molecular formula is C17H18N2O3S. The number of hydrogen-bond acceptors (Lipinski definition) is 3. The lowest BCUT2D eigenvalue weighted by Crippen LogP contribution is -2.37. The van der Waals surface area contributed by atoms with Crippen molar-refractivity contribution >= 4 is 21.6 Å². The van der Waals surface area contributed by atoms with Gasteiger partial charge in [0, 0.05) is 24.7 Å². The van der Waals surface area contributed by atoms with Gasteiger partial charge in [-0.2, -0.15) is 0 Å². The Kier molecular flexibility index (Phi) is 4.19. The van der Waals surface area contributed by atoms with Crippen LogP contribution in [0.5, 0.6) is 0 Å². The molecule has 2 aromatic carbocycles. The molecule has 1 saturated heterocycles. The summed E-state index contributed by atoms with van der Waals surface area (Å²) in [4.78, 5) is 14.0. The zero-order chi connectivity index (χ0) is 16.4. The smallest absolute Gasteiger partial charge is 0.240 e. The van der Waals surface area contributed by atoms with Crippen LogP contribution in [0.15, 0.2) is 59.5 Å². The highest BCUT2D eigenvalue weighted by Crippen LogP contribution is 2.23. The molecule has 1 atom stereocenters. The topological polar surface area (TPSA) is 66.5 Å². The summed E-state index contributed by atoms with van der Waals surface area (Å²) in [5.41, 5.74) is 1.91. The zero-order valence-electron chi connectivity index (χ0n) is 12.8. The van der Waals surface area contributed by atoms with E-state index in [9.17, 15) is 13.2 Å². The number of carbonyl (C=O) groups is 1. The molecule has 1 amide bonds. The number of nitrogens with zero attached hydrogens (tertiary/aromatic N) is 1. The van der Waals surface area contributed by atoms with Crippen LogP contribution in [0.2, 0.25) is 0 Å². The monoisotopic (exact) mass is 330 g/mol. The second kappa shape index (κ2) is 6.14. The molecule has 0 unspecified atom stereocenters. The highest BCUT2D eigenvalue weighted by molar-refractivity contribution is 7.89. The predicted octanol–water partition coefficient (Wildman–Crippen LogP) is 2.08. The van der Waals surface area contributed by atoms with Gasteiger partial charge >= 0.3 is 0 Å². The van der Waals surface area contributed by atoms with Gasteiger partial charge in [0.15, 0.2) is 0 Å². The van der Waals surface area contributed by atoms with E-state index in [4.69, 9.17) is 0 Å². The average molecular weight is 330 g/mol. The van der Waals surface area contributed by atoms with Crippen LogP contribution in [0.3, 0.4) is 0 Å². The van der Waals surface area contributed by atoms with Gasteiger partial charge in [0.25, 0.3) is 0 Å². The molecule has 1 aliphatic heterocycles. The number of rotatable bonds is 4. The molecular weight excluding hydrogens is 312 g/mol. The van der Waals surface area contributed by atoms with Gasteiger partial charge in [-0.25, -0.2) is 13.1 Å². The van der Waals surface area contributed by atoms with Crippen LogP contribution in [0.25, 0.3) is 0 Å². The van der Waals surface area contributed by atoms with Crippen molar-refractivity contribution in [2.75, 3.05) is 11.4 Å². The number of sulfonamides is 1. The van der Waals surface area contributed by atoms with Crippen molar-refractivity contribution in [2.45, 2.75) is 24.3 Å². The quantitative estimate of drug-likeness (QED) is 0.933. The van der Waals surface area contributed by atoms with Crippen LogP contribution in [-0.4, -0.2) is 26.9 Å². The number of benzene rings is 2. The minimum absolute atomic E-state index is 0.0744. The number of amides is 1. The lowest BCUT2D eigenvalue weighted by Gasteiger charge is -2.17. The largest absolute Gasteiger partial charge is 0.311 e. The normalized spacial score (nSPS) is 18.4. The molecule has 1 fully saturated rings. The van der Waals surface area contributed by atoms with Crippen LogP contribution in [0, 0.1) is 6.92 Å². The zero-order valence-corrected chi connectivity index (χ0v) is 13.6. The molecule has 0 bridgehead atoms. The molecule has 23 heavy (non-hydrogen) atoms. The Morgan fingerprint density at radius 2 is 1.70 bits per heavy atom. The fourth-order valence-corrected chi connectivity index (χ4v) is 3.90. The van der Waals surface area contributed by atoms with E-state index in [1.54, 1.807) is 23.1 Å². The number of nitrogens with one attached hydrogen (secondary N) is 1. The van der Waals surface area contributed by atoms with E-state index in [0.29, 0.717) is 6.54 Å². The van der Waals surface area contributed by atoms with E-state index >= 15 is 0 Å².